The van der Waals surface area contributed by atoms with E-state index in [4.69, 9.17) is 28.4 Å². The van der Waals surface area contributed by atoms with Crippen molar-refractivity contribution in [1.29, 1.82) is 0 Å². The Kier molecular flexibility index (Phi) is 9.33. The number of rotatable bonds is 11. The van der Waals surface area contributed by atoms with Crippen LogP contribution in [0.2, 0.25) is 0 Å². The predicted molar refractivity (Wildman–Crippen MR) is 155 cm³/mol. The minimum absolute atomic E-state index is 0.0241. The number of fused-ring (bicyclic) bond motifs is 4. The van der Waals surface area contributed by atoms with Crippen LogP contribution in [0.5, 0.6) is 0 Å². The minimum Gasteiger partial charge on any atom is -0.463 e. The van der Waals surface area contributed by atoms with Crippen LogP contribution in [0.4, 0.5) is 4.79 Å². The summed E-state index contributed by atoms with van der Waals surface area (Å²) < 4.78 is 33.5. The second kappa shape index (κ2) is 13.2. The van der Waals surface area contributed by atoms with E-state index in [1.165, 1.54) is 13.0 Å². The molecular weight excluding hydrogens is 572 g/mol. The van der Waals surface area contributed by atoms with Crippen LogP contribution < -0.4 is 10.6 Å². The second-order valence-corrected chi connectivity index (χ2v) is 11.2. The van der Waals surface area contributed by atoms with Crippen molar-refractivity contribution >= 4 is 23.9 Å². The summed E-state index contributed by atoms with van der Waals surface area (Å²) in [5.41, 5.74) is 4.22. The fraction of sp³-hybridized carbons (Fsp3) is 0.438. The molecule has 12 heteroatoms. The molecule has 234 valence electrons. The normalized spacial score (nSPS) is 23.4. The molecule has 44 heavy (non-hydrogen) atoms. The van der Waals surface area contributed by atoms with Gasteiger partial charge in [-0.2, -0.15) is 0 Å². The first-order valence-corrected chi connectivity index (χ1v) is 14.4. The van der Waals surface area contributed by atoms with Gasteiger partial charge >= 0.3 is 18.0 Å². The van der Waals surface area contributed by atoms with E-state index in [0.29, 0.717) is 0 Å². The van der Waals surface area contributed by atoms with E-state index < -0.39 is 66.7 Å². The van der Waals surface area contributed by atoms with E-state index in [9.17, 15) is 19.2 Å². The summed E-state index contributed by atoms with van der Waals surface area (Å²) in [7, 11) is 0. The fourth-order valence-electron chi connectivity index (χ4n) is 5.75. The summed E-state index contributed by atoms with van der Waals surface area (Å²) in [6, 6.07) is 14.5. The molecule has 1 aliphatic carbocycles. The van der Waals surface area contributed by atoms with Gasteiger partial charge in [0.15, 0.2) is 12.0 Å². The zero-order chi connectivity index (χ0) is 31.4. The largest absolute Gasteiger partial charge is 0.463 e. The van der Waals surface area contributed by atoms with Crippen LogP contribution >= 0.6 is 0 Å². The van der Waals surface area contributed by atoms with E-state index in [-0.39, 0.29) is 25.7 Å². The van der Waals surface area contributed by atoms with E-state index in [0.717, 1.165) is 22.3 Å². The van der Waals surface area contributed by atoms with Crippen LogP contribution in [0.15, 0.2) is 61.2 Å². The molecule has 0 saturated carbocycles. The van der Waals surface area contributed by atoms with Crippen LogP contribution in [0, 0.1) is 0 Å². The summed E-state index contributed by atoms with van der Waals surface area (Å²) in [6.45, 7) is 8.05. The van der Waals surface area contributed by atoms with E-state index in [2.05, 4.69) is 17.2 Å². The highest BCUT2D eigenvalue weighted by atomic mass is 16.8. The molecule has 2 aromatic rings. The van der Waals surface area contributed by atoms with Crippen molar-refractivity contribution in [2.24, 2.45) is 0 Å². The summed E-state index contributed by atoms with van der Waals surface area (Å²) in [6.07, 6.45) is -2.95. The van der Waals surface area contributed by atoms with Gasteiger partial charge in [0.2, 0.25) is 5.91 Å². The van der Waals surface area contributed by atoms with Crippen molar-refractivity contribution in [2.75, 3.05) is 19.8 Å². The molecule has 0 bridgehead atoms. The third-order valence-corrected chi connectivity index (χ3v) is 7.56. The number of benzene rings is 2. The Morgan fingerprint density at radius 3 is 2.20 bits per heavy atom. The third kappa shape index (κ3) is 6.93. The maximum absolute atomic E-state index is 13.1. The second-order valence-electron chi connectivity index (χ2n) is 11.2. The first kappa shape index (κ1) is 31.2. The number of hydrogen-bond donors (Lipinski definition) is 2. The molecular formula is C32H36N2O10. The van der Waals surface area contributed by atoms with Crippen LogP contribution in [0.3, 0.4) is 0 Å². The molecule has 0 spiro atoms. The van der Waals surface area contributed by atoms with Crippen LogP contribution in [0.1, 0.15) is 44.2 Å². The molecule has 3 aliphatic rings. The van der Waals surface area contributed by atoms with Crippen LogP contribution in [-0.4, -0.2) is 80.1 Å². The monoisotopic (exact) mass is 608 g/mol. The van der Waals surface area contributed by atoms with E-state index >= 15 is 0 Å². The first-order chi connectivity index (χ1) is 21.1. The van der Waals surface area contributed by atoms with Crippen molar-refractivity contribution in [3.05, 3.63) is 72.3 Å². The van der Waals surface area contributed by atoms with Gasteiger partial charge in [-0.1, -0.05) is 61.2 Å². The smallest absolute Gasteiger partial charge is 0.407 e. The number of nitrogens with one attached hydrogen (secondary N) is 2. The quantitative estimate of drug-likeness (QED) is 0.222. The maximum atomic E-state index is 13.1. The molecule has 2 fully saturated rings. The number of esters is 2. The lowest BCUT2D eigenvalue weighted by molar-refractivity contribution is -0.196. The SMILES string of the molecule is C=CCOC(=O)[C@H](CC(=O)N[C@H]1O[C@H](COC(C)=O)[C@H]2OC(C)(C)O[C@H]21)NC(=O)OCC1c2ccccc2-c2ccccc21. The first-order valence-electron chi connectivity index (χ1n) is 14.4. The van der Waals surface area contributed by atoms with Crippen molar-refractivity contribution in [3.8, 4) is 11.1 Å². The Balaban J connectivity index is 1.22. The van der Waals surface area contributed by atoms with Gasteiger partial charge < -0.3 is 39.1 Å². The average Bonchev–Trinajstić information content (AvgIpc) is 3.59. The van der Waals surface area contributed by atoms with E-state index in [1.54, 1.807) is 13.8 Å². The van der Waals surface area contributed by atoms with Crippen LogP contribution in [0.25, 0.3) is 11.1 Å². The minimum atomic E-state index is -1.36. The molecule has 2 heterocycles. The standard InChI is InChI=1S/C32H36N2O10/c1-5-14-39-30(37)24(15-26(36)34-29-28-27(43-32(3,4)44-28)25(42-29)17-40-18(2)35)33-31(38)41-16-23-21-12-8-6-10-19(21)20-11-7-9-13-22(20)23/h5-13,23-25,27-29H,1,14-17H2,2-4H3,(H,33,38)(H,34,36)/t24-,25+,27+,28+,29-/m0/s1. The maximum Gasteiger partial charge on any atom is 0.407 e. The molecule has 0 aromatic heterocycles. The Morgan fingerprint density at radius 1 is 0.932 bits per heavy atom. The molecule has 2 N–H and O–H groups in total. The zero-order valence-corrected chi connectivity index (χ0v) is 24.8. The zero-order valence-electron chi connectivity index (χ0n) is 24.8. The number of carbonyl (C=O) groups excluding carboxylic acids is 4. The number of alkyl carbamates (subject to hydrolysis) is 1. The van der Waals surface area contributed by atoms with Gasteiger partial charge in [-0.05, 0) is 36.1 Å². The Hall–Kier alpha value is -4.26. The molecule has 2 aromatic carbocycles. The Labute approximate surface area is 255 Å². The van der Waals surface area contributed by atoms with Gasteiger partial charge in [0, 0.05) is 12.8 Å². The molecule has 2 saturated heterocycles. The molecule has 5 atom stereocenters. The summed E-state index contributed by atoms with van der Waals surface area (Å²) in [5, 5.41) is 5.16. The topological polar surface area (TPSA) is 148 Å². The molecule has 12 nitrogen and oxygen atoms in total. The van der Waals surface area contributed by atoms with E-state index in [1.807, 2.05) is 48.5 Å². The van der Waals surface area contributed by atoms with Crippen molar-refractivity contribution < 1.29 is 47.6 Å². The highest BCUT2D eigenvalue weighted by Gasteiger charge is 2.56. The lowest BCUT2D eigenvalue weighted by atomic mass is 9.98. The molecule has 2 aliphatic heterocycles. The molecule has 2 amide bonds. The highest BCUT2D eigenvalue weighted by Crippen LogP contribution is 2.44. The number of hydrogen-bond acceptors (Lipinski definition) is 10. The van der Waals surface area contributed by atoms with Crippen molar-refractivity contribution in [3.63, 3.8) is 0 Å². The lowest BCUT2D eigenvalue weighted by Gasteiger charge is -2.25. The van der Waals surface area contributed by atoms with Gasteiger partial charge in [-0.25, -0.2) is 9.59 Å². The fourth-order valence-corrected chi connectivity index (χ4v) is 5.75. The van der Waals surface area contributed by atoms with Crippen LogP contribution in [-0.2, 0) is 42.8 Å². The Morgan fingerprint density at radius 2 is 1.57 bits per heavy atom. The van der Waals surface area contributed by atoms with Gasteiger partial charge in [-0.3, -0.25) is 9.59 Å². The van der Waals surface area contributed by atoms with Gasteiger partial charge in [-0.15, -0.1) is 0 Å². The molecule has 0 radical (unpaired) electrons. The summed E-state index contributed by atoms with van der Waals surface area (Å²) >= 11 is 0. The number of carbonyl (C=O) groups is 4. The Bertz CT molecular complexity index is 1380. The predicted octanol–water partition coefficient (Wildman–Crippen LogP) is 2.94. The number of amides is 2. The van der Waals surface area contributed by atoms with Gasteiger partial charge in [0.05, 0.1) is 6.42 Å². The molecule has 5 rings (SSSR count). The van der Waals surface area contributed by atoms with Crippen molar-refractivity contribution in [2.45, 2.75) is 69.5 Å². The number of ether oxygens (including phenoxy) is 6. The van der Waals surface area contributed by atoms with Gasteiger partial charge in [0.25, 0.3) is 0 Å². The summed E-state index contributed by atoms with van der Waals surface area (Å²) in [4.78, 5) is 50.2. The molecule has 0 unspecified atom stereocenters. The average molecular weight is 609 g/mol. The van der Waals surface area contributed by atoms with Crippen molar-refractivity contribution in [1.82, 2.24) is 10.6 Å². The lowest BCUT2D eigenvalue weighted by Crippen LogP contribution is -2.49. The highest BCUT2D eigenvalue weighted by molar-refractivity contribution is 5.88. The third-order valence-electron chi connectivity index (χ3n) is 7.56. The summed E-state index contributed by atoms with van der Waals surface area (Å²) in [5.74, 6) is -3.11. The van der Waals surface area contributed by atoms with Gasteiger partial charge in [0.1, 0.15) is 44.2 Å².